The number of pyridine rings is 2. The number of rotatable bonds is 6. The van der Waals surface area contributed by atoms with Gasteiger partial charge in [0.15, 0.2) is 5.82 Å². The van der Waals surface area contributed by atoms with Crippen molar-refractivity contribution < 1.29 is 4.52 Å². The summed E-state index contributed by atoms with van der Waals surface area (Å²) in [5, 5.41) is 7.83. The number of hydrogen-bond acceptors (Lipinski definition) is 8. The first-order valence-electron chi connectivity index (χ1n) is 8.15. The summed E-state index contributed by atoms with van der Waals surface area (Å²) in [6.07, 6.45) is 3.59. The van der Waals surface area contributed by atoms with Gasteiger partial charge in [0.1, 0.15) is 10.8 Å². The second-order valence-corrected chi connectivity index (χ2v) is 7.68. The standard InChI is InChI=1S/C19H15N5OS2.2ClH/c1-13-22-19(25-24-13)23-18-16(26-14-7-3-2-4-8-14)11-15(12-21-18)27-17-9-5-6-10-20-17;;/h2-12H,1H3,(H,21,22,23,24);2*1H. The fourth-order valence-corrected chi connectivity index (χ4v) is 4.04. The molecule has 0 amide bonds. The van der Waals surface area contributed by atoms with Gasteiger partial charge in [0.25, 0.3) is 0 Å². The maximum atomic E-state index is 5.16. The number of nitrogens with one attached hydrogen (secondary N) is 1. The highest BCUT2D eigenvalue weighted by Crippen LogP contribution is 2.37. The molecule has 0 bridgehead atoms. The fourth-order valence-electron chi connectivity index (χ4n) is 2.25. The zero-order valence-electron chi connectivity index (χ0n) is 15.2. The molecule has 1 N–H and O–H groups in total. The number of aromatic nitrogens is 4. The third-order valence-electron chi connectivity index (χ3n) is 3.41. The molecule has 4 aromatic rings. The van der Waals surface area contributed by atoms with Crippen LogP contribution < -0.4 is 5.32 Å². The van der Waals surface area contributed by atoms with Crippen LogP contribution in [0.2, 0.25) is 0 Å². The summed E-state index contributed by atoms with van der Waals surface area (Å²) in [6, 6.07) is 18.4. The second-order valence-electron chi connectivity index (χ2n) is 5.47. The Morgan fingerprint density at radius 2 is 1.69 bits per heavy atom. The van der Waals surface area contributed by atoms with Crippen LogP contribution in [0.15, 0.2) is 91.2 Å². The molecule has 3 aromatic heterocycles. The summed E-state index contributed by atoms with van der Waals surface area (Å²) >= 11 is 3.18. The van der Waals surface area contributed by atoms with Gasteiger partial charge in [0.2, 0.25) is 0 Å². The summed E-state index contributed by atoms with van der Waals surface area (Å²) in [5.74, 6) is 1.23. The molecule has 29 heavy (non-hydrogen) atoms. The van der Waals surface area contributed by atoms with E-state index < -0.39 is 0 Å². The Morgan fingerprint density at radius 1 is 0.897 bits per heavy atom. The SMILES string of the molecule is Cc1noc(Nc2ncc(Sc3ccccn3)cc2Sc2ccccc2)n1.Cl.Cl. The monoisotopic (exact) mass is 465 g/mol. The van der Waals surface area contributed by atoms with Crippen LogP contribution in [0.1, 0.15) is 5.82 Å². The first-order valence-corrected chi connectivity index (χ1v) is 9.79. The molecule has 4 rings (SSSR count). The number of aryl methyl sites for hydroxylation is 1. The summed E-state index contributed by atoms with van der Waals surface area (Å²) in [4.78, 5) is 16.2. The van der Waals surface area contributed by atoms with Crippen LogP contribution in [0.25, 0.3) is 0 Å². The number of halogens is 2. The van der Waals surface area contributed by atoms with Crippen molar-refractivity contribution in [1.82, 2.24) is 20.1 Å². The fraction of sp³-hybridized carbons (Fsp3) is 0.0526. The predicted molar refractivity (Wildman–Crippen MR) is 120 cm³/mol. The van der Waals surface area contributed by atoms with Crippen molar-refractivity contribution in [3.8, 4) is 0 Å². The molecule has 0 unspecified atom stereocenters. The number of nitrogens with zero attached hydrogens (tertiary/aromatic N) is 4. The van der Waals surface area contributed by atoms with E-state index in [0.717, 1.165) is 19.7 Å². The normalized spacial score (nSPS) is 9.97. The van der Waals surface area contributed by atoms with Crippen LogP contribution in [-0.4, -0.2) is 20.1 Å². The molecule has 0 aliphatic rings. The zero-order chi connectivity index (χ0) is 18.5. The molecule has 0 saturated heterocycles. The van der Waals surface area contributed by atoms with Crippen molar-refractivity contribution in [1.29, 1.82) is 0 Å². The van der Waals surface area contributed by atoms with E-state index in [-0.39, 0.29) is 24.8 Å². The average Bonchev–Trinajstić information content (AvgIpc) is 3.10. The van der Waals surface area contributed by atoms with Crippen LogP contribution >= 0.6 is 48.3 Å². The minimum Gasteiger partial charge on any atom is -0.315 e. The van der Waals surface area contributed by atoms with Gasteiger partial charge in [-0.2, -0.15) is 4.98 Å². The molecule has 0 fully saturated rings. The van der Waals surface area contributed by atoms with E-state index >= 15 is 0 Å². The van der Waals surface area contributed by atoms with Crippen molar-refractivity contribution in [3.63, 3.8) is 0 Å². The maximum Gasteiger partial charge on any atom is 0.327 e. The summed E-state index contributed by atoms with van der Waals surface area (Å²) in [5.41, 5.74) is 0. The van der Waals surface area contributed by atoms with Crippen molar-refractivity contribution in [2.45, 2.75) is 26.6 Å². The highest BCUT2D eigenvalue weighted by atomic mass is 35.5. The van der Waals surface area contributed by atoms with E-state index in [1.54, 1.807) is 42.8 Å². The summed E-state index contributed by atoms with van der Waals surface area (Å²) in [7, 11) is 0. The molecule has 150 valence electrons. The van der Waals surface area contributed by atoms with E-state index in [4.69, 9.17) is 4.52 Å². The third kappa shape index (κ3) is 6.37. The van der Waals surface area contributed by atoms with E-state index in [1.807, 2.05) is 36.4 Å². The van der Waals surface area contributed by atoms with Gasteiger partial charge in [0.05, 0.1) is 4.90 Å². The zero-order valence-corrected chi connectivity index (χ0v) is 18.4. The Hall–Kier alpha value is -2.26. The predicted octanol–water partition coefficient (Wildman–Crippen LogP) is 6.06. The molecule has 0 saturated carbocycles. The first-order chi connectivity index (χ1) is 13.3. The van der Waals surface area contributed by atoms with Gasteiger partial charge in [-0.25, -0.2) is 9.97 Å². The molecular formula is C19H17Cl2N5OS2. The quantitative estimate of drug-likeness (QED) is 0.368. The Bertz CT molecular complexity index is 1040. The Morgan fingerprint density at radius 3 is 2.38 bits per heavy atom. The highest BCUT2D eigenvalue weighted by molar-refractivity contribution is 8.00. The maximum absolute atomic E-state index is 5.16. The van der Waals surface area contributed by atoms with Crippen molar-refractivity contribution in [2.75, 3.05) is 5.32 Å². The minimum atomic E-state index is 0. The van der Waals surface area contributed by atoms with Gasteiger partial charge in [-0.15, -0.1) is 24.8 Å². The van der Waals surface area contributed by atoms with Gasteiger partial charge < -0.3 is 4.52 Å². The molecule has 0 aliphatic carbocycles. The van der Waals surface area contributed by atoms with E-state index in [2.05, 4.69) is 43.6 Å². The van der Waals surface area contributed by atoms with Crippen molar-refractivity contribution in [2.24, 2.45) is 0 Å². The summed E-state index contributed by atoms with van der Waals surface area (Å²) < 4.78 is 5.16. The number of hydrogen-bond donors (Lipinski definition) is 1. The minimum absolute atomic E-state index is 0. The molecule has 0 atom stereocenters. The van der Waals surface area contributed by atoms with Crippen molar-refractivity contribution >= 4 is 60.2 Å². The highest BCUT2D eigenvalue weighted by Gasteiger charge is 2.12. The van der Waals surface area contributed by atoms with Crippen LogP contribution in [0.3, 0.4) is 0 Å². The second kappa shape index (κ2) is 11.1. The number of anilines is 2. The largest absolute Gasteiger partial charge is 0.327 e. The number of benzene rings is 1. The van der Waals surface area contributed by atoms with Crippen LogP contribution in [-0.2, 0) is 0 Å². The van der Waals surface area contributed by atoms with Gasteiger partial charge in [-0.05, 0) is 37.3 Å². The molecule has 0 radical (unpaired) electrons. The first kappa shape index (κ1) is 23.0. The van der Waals surface area contributed by atoms with E-state index in [1.165, 1.54) is 0 Å². The lowest BCUT2D eigenvalue weighted by molar-refractivity contribution is 0.428. The van der Waals surface area contributed by atoms with Gasteiger partial charge >= 0.3 is 6.01 Å². The van der Waals surface area contributed by atoms with E-state index in [9.17, 15) is 0 Å². The molecule has 1 aromatic carbocycles. The van der Waals surface area contributed by atoms with Crippen LogP contribution in [0, 0.1) is 6.92 Å². The van der Waals surface area contributed by atoms with Gasteiger partial charge in [-0.1, -0.05) is 52.9 Å². The molecule has 6 nitrogen and oxygen atoms in total. The Labute approximate surface area is 189 Å². The molecule has 3 heterocycles. The van der Waals surface area contributed by atoms with Crippen LogP contribution in [0.4, 0.5) is 11.8 Å². The van der Waals surface area contributed by atoms with E-state index in [0.29, 0.717) is 17.7 Å². The lowest BCUT2D eigenvalue weighted by atomic mass is 10.4. The molecule has 0 spiro atoms. The van der Waals surface area contributed by atoms with Crippen LogP contribution in [0.5, 0.6) is 0 Å². The molecule has 0 aliphatic heterocycles. The van der Waals surface area contributed by atoms with Gasteiger partial charge in [-0.3, -0.25) is 5.32 Å². The topological polar surface area (TPSA) is 76.7 Å². The average molecular weight is 466 g/mol. The molecule has 10 heteroatoms. The van der Waals surface area contributed by atoms with Crippen molar-refractivity contribution in [3.05, 3.63) is 72.8 Å². The van der Waals surface area contributed by atoms with Gasteiger partial charge in [0, 0.05) is 22.2 Å². The lowest BCUT2D eigenvalue weighted by Crippen LogP contribution is -1.97. The lowest BCUT2D eigenvalue weighted by Gasteiger charge is -2.10. The third-order valence-corrected chi connectivity index (χ3v) is 5.36. The summed E-state index contributed by atoms with van der Waals surface area (Å²) in [6.45, 7) is 1.77. The Balaban J connectivity index is 0.00000150. The smallest absolute Gasteiger partial charge is 0.315 e. The molecular weight excluding hydrogens is 449 g/mol. The Kier molecular flexibility index (Phi) is 8.78.